The molecule has 0 radical (unpaired) electrons. The first-order valence-corrected chi connectivity index (χ1v) is 10.9. The zero-order valence-corrected chi connectivity index (χ0v) is 17.8. The number of aromatic nitrogens is 1. The standard InChI is InChI=1S/C24H28N4O4/c25-20-5-1-2-6-22(20)27-23(29)10-8-16-7-9-21(26-13-16)19(24(30)31)4-3-11-28-14-18-12-17(28)15-32-18/h1-2,5-10,13,17-19H,3-4,11-12,14-15,25H2,(H,27,29)(H,30,31)/b10-8+/t17-,18-,19?/m0/s1. The molecule has 2 aliphatic rings. The van der Waals surface area contributed by atoms with Gasteiger partial charge in [0, 0.05) is 24.9 Å². The van der Waals surface area contributed by atoms with E-state index >= 15 is 0 Å². The van der Waals surface area contributed by atoms with Crippen molar-refractivity contribution in [2.45, 2.75) is 37.3 Å². The zero-order chi connectivity index (χ0) is 22.5. The Hall–Kier alpha value is -3.23. The molecule has 8 nitrogen and oxygen atoms in total. The van der Waals surface area contributed by atoms with Crippen molar-refractivity contribution in [1.29, 1.82) is 0 Å². The third-order valence-electron chi connectivity index (χ3n) is 6.06. The molecule has 168 valence electrons. The second-order valence-electron chi connectivity index (χ2n) is 8.30. The highest BCUT2D eigenvalue weighted by Crippen LogP contribution is 2.29. The molecule has 1 aromatic carbocycles. The molecule has 2 aromatic rings. The molecule has 2 fully saturated rings. The molecular weight excluding hydrogens is 408 g/mol. The van der Waals surface area contributed by atoms with Crippen LogP contribution >= 0.6 is 0 Å². The summed E-state index contributed by atoms with van der Waals surface area (Å²) in [5.41, 5.74) is 8.11. The Labute approximate surface area is 187 Å². The molecule has 1 unspecified atom stereocenters. The van der Waals surface area contributed by atoms with E-state index in [4.69, 9.17) is 10.5 Å². The van der Waals surface area contributed by atoms with E-state index in [-0.39, 0.29) is 5.91 Å². The molecule has 32 heavy (non-hydrogen) atoms. The zero-order valence-electron chi connectivity index (χ0n) is 17.8. The Balaban J connectivity index is 1.30. The lowest BCUT2D eigenvalue weighted by atomic mass is 9.98. The number of nitrogens with zero attached hydrogens (tertiary/aromatic N) is 2. The molecule has 0 aliphatic carbocycles. The van der Waals surface area contributed by atoms with Gasteiger partial charge in [0.25, 0.3) is 0 Å². The number of hydrogen-bond donors (Lipinski definition) is 3. The summed E-state index contributed by atoms with van der Waals surface area (Å²) in [5.74, 6) is -1.82. The van der Waals surface area contributed by atoms with Crippen LogP contribution < -0.4 is 11.1 Å². The number of nitrogens with two attached hydrogens (primary N) is 1. The first kappa shape index (κ1) is 22.0. The van der Waals surface area contributed by atoms with Crippen LogP contribution in [0.4, 0.5) is 11.4 Å². The summed E-state index contributed by atoms with van der Waals surface area (Å²) in [6.07, 6.45) is 7.39. The predicted octanol–water partition coefficient (Wildman–Crippen LogP) is 2.74. The van der Waals surface area contributed by atoms with Crippen LogP contribution in [-0.4, -0.2) is 58.7 Å². The number of morpholine rings is 1. The van der Waals surface area contributed by atoms with Gasteiger partial charge in [0.2, 0.25) is 5.91 Å². The Bertz CT molecular complexity index is 992. The monoisotopic (exact) mass is 436 g/mol. The van der Waals surface area contributed by atoms with Gasteiger partial charge < -0.3 is 20.9 Å². The van der Waals surface area contributed by atoms with Crippen LogP contribution in [0.3, 0.4) is 0 Å². The van der Waals surface area contributed by atoms with Gasteiger partial charge in [0.15, 0.2) is 0 Å². The van der Waals surface area contributed by atoms with E-state index in [1.165, 1.54) is 6.08 Å². The van der Waals surface area contributed by atoms with Gasteiger partial charge in [0.1, 0.15) is 0 Å². The van der Waals surface area contributed by atoms with Crippen molar-refractivity contribution in [3.05, 3.63) is 59.9 Å². The predicted molar refractivity (Wildman–Crippen MR) is 122 cm³/mol. The second-order valence-corrected chi connectivity index (χ2v) is 8.30. The average molecular weight is 437 g/mol. The van der Waals surface area contributed by atoms with Crippen molar-refractivity contribution in [3.63, 3.8) is 0 Å². The third kappa shape index (κ3) is 5.33. The summed E-state index contributed by atoms with van der Waals surface area (Å²) in [7, 11) is 0. The number of amides is 1. The summed E-state index contributed by atoms with van der Waals surface area (Å²) >= 11 is 0. The molecule has 4 rings (SSSR count). The number of nitrogens with one attached hydrogen (secondary N) is 1. The van der Waals surface area contributed by atoms with E-state index in [2.05, 4.69) is 15.2 Å². The highest BCUT2D eigenvalue weighted by molar-refractivity contribution is 6.03. The van der Waals surface area contributed by atoms with E-state index in [0.717, 1.165) is 32.5 Å². The van der Waals surface area contributed by atoms with Crippen LogP contribution in [0.5, 0.6) is 0 Å². The number of nitrogen functional groups attached to an aromatic ring is 1. The Morgan fingerprint density at radius 1 is 1.31 bits per heavy atom. The van der Waals surface area contributed by atoms with Crippen LogP contribution in [0.25, 0.3) is 6.08 Å². The van der Waals surface area contributed by atoms with E-state index in [9.17, 15) is 14.7 Å². The SMILES string of the molecule is Nc1ccccc1NC(=O)/C=C/c1ccc(C(CCCN2C[C@@H]3C[C@H]2CO3)C(=O)O)nc1. The number of ether oxygens (including phenoxy) is 1. The maximum Gasteiger partial charge on any atom is 0.312 e. The molecule has 4 N–H and O–H groups in total. The molecule has 2 aliphatic heterocycles. The number of pyridine rings is 1. The van der Waals surface area contributed by atoms with Gasteiger partial charge in [0.05, 0.1) is 35.7 Å². The maximum absolute atomic E-state index is 12.1. The molecule has 2 saturated heterocycles. The highest BCUT2D eigenvalue weighted by atomic mass is 16.5. The van der Waals surface area contributed by atoms with E-state index in [1.807, 2.05) is 0 Å². The fourth-order valence-electron chi connectivity index (χ4n) is 4.33. The van der Waals surface area contributed by atoms with Gasteiger partial charge in [-0.1, -0.05) is 18.2 Å². The van der Waals surface area contributed by atoms with Gasteiger partial charge >= 0.3 is 5.97 Å². The lowest BCUT2D eigenvalue weighted by Gasteiger charge is -2.26. The summed E-state index contributed by atoms with van der Waals surface area (Å²) in [4.78, 5) is 30.7. The number of carboxylic acids is 1. The molecule has 2 bridgehead atoms. The van der Waals surface area contributed by atoms with Crippen LogP contribution in [0, 0.1) is 0 Å². The molecule has 0 saturated carbocycles. The van der Waals surface area contributed by atoms with E-state index < -0.39 is 11.9 Å². The second kappa shape index (κ2) is 9.93. The number of rotatable bonds is 9. The first-order chi connectivity index (χ1) is 15.5. The average Bonchev–Trinajstić information content (AvgIpc) is 3.41. The molecule has 8 heteroatoms. The number of benzene rings is 1. The van der Waals surface area contributed by atoms with Gasteiger partial charge in [-0.15, -0.1) is 0 Å². The van der Waals surface area contributed by atoms with Crippen LogP contribution in [0.1, 0.15) is 36.4 Å². The largest absolute Gasteiger partial charge is 0.481 e. The number of fused-ring (bicyclic) bond motifs is 2. The first-order valence-electron chi connectivity index (χ1n) is 10.9. The topological polar surface area (TPSA) is 118 Å². The van der Waals surface area contributed by atoms with E-state index in [0.29, 0.717) is 41.2 Å². The molecule has 1 aromatic heterocycles. The molecule has 1 amide bonds. The number of aliphatic carboxylic acids is 1. The van der Waals surface area contributed by atoms with Gasteiger partial charge in [-0.3, -0.25) is 19.5 Å². The van der Waals surface area contributed by atoms with Gasteiger partial charge in [-0.05, 0) is 55.6 Å². The minimum absolute atomic E-state index is 0.309. The maximum atomic E-state index is 12.1. The number of likely N-dealkylation sites (tertiary alicyclic amines) is 1. The Morgan fingerprint density at radius 2 is 2.16 bits per heavy atom. The Kier molecular flexibility index (Phi) is 6.82. The van der Waals surface area contributed by atoms with E-state index in [1.54, 1.807) is 48.7 Å². The quantitative estimate of drug-likeness (QED) is 0.409. The number of carbonyl (C=O) groups excluding carboxylic acids is 1. The van der Waals surface area contributed by atoms with Crippen molar-refractivity contribution in [3.8, 4) is 0 Å². The normalized spacial score (nSPS) is 21.1. The fraction of sp³-hybridized carbons (Fsp3) is 0.375. The summed E-state index contributed by atoms with van der Waals surface area (Å²) in [6.45, 7) is 2.63. The molecular formula is C24H28N4O4. The number of anilines is 2. The number of carbonyl (C=O) groups is 2. The number of hydrogen-bond acceptors (Lipinski definition) is 6. The lowest BCUT2D eigenvalue weighted by molar-refractivity contribution is -0.139. The molecule has 0 spiro atoms. The number of carboxylic acid groups (broad SMARTS) is 1. The summed E-state index contributed by atoms with van der Waals surface area (Å²) in [5, 5.41) is 12.4. The van der Waals surface area contributed by atoms with Crippen LogP contribution in [0.2, 0.25) is 0 Å². The van der Waals surface area contributed by atoms with Gasteiger partial charge in [-0.2, -0.15) is 0 Å². The smallest absolute Gasteiger partial charge is 0.312 e. The minimum atomic E-state index is -0.869. The van der Waals surface area contributed by atoms with Crippen LogP contribution in [-0.2, 0) is 14.3 Å². The van der Waals surface area contributed by atoms with Crippen molar-refractivity contribution in [2.24, 2.45) is 0 Å². The molecule has 3 atom stereocenters. The van der Waals surface area contributed by atoms with Crippen molar-refractivity contribution in [1.82, 2.24) is 9.88 Å². The fourth-order valence-corrected chi connectivity index (χ4v) is 4.33. The third-order valence-corrected chi connectivity index (χ3v) is 6.06. The van der Waals surface area contributed by atoms with Crippen LogP contribution in [0.15, 0.2) is 48.7 Å². The number of para-hydroxylation sites is 2. The minimum Gasteiger partial charge on any atom is -0.481 e. The van der Waals surface area contributed by atoms with Crippen molar-refractivity contribution < 1.29 is 19.4 Å². The summed E-state index contributed by atoms with van der Waals surface area (Å²) in [6, 6.07) is 11.0. The van der Waals surface area contributed by atoms with Crippen molar-refractivity contribution in [2.75, 3.05) is 30.7 Å². The summed E-state index contributed by atoms with van der Waals surface area (Å²) < 4.78 is 5.62. The van der Waals surface area contributed by atoms with Crippen molar-refractivity contribution >= 4 is 29.3 Å². The molecule has 3 heterocycles. The lowest BCUT2D eigenvalue weighted by Crippen LogP contribution is -2.37. The highest BCUT2D eigenvalue weighted by Gasteiger charge is 2.38. The van der Waals surface area contributed by atoms with Gasteiger partial charge in [-0.25, -0.2) is 0 Å². The Morgan fingerprint density at radius 3 is 2.81 bits per heavy atom.